The predicted octanol–water partition coefficient (Wildman–Crippen LogP) is 1.77. The van der Waals surface area contributed by atoms with Gasteiger partial charge < -0.3 is 18.6 Å². The lowest BCUT2D eigenvalue weighted by molar-refractivity contribution is 0.0601. The van der Waals surface area contributed by atoms with Gasteiger partial charge in [-0.05, 0) is 19.9 Å². The van der Waals surface area contributed by atoms with Crippen molar-refractivity contribution in [2.24, 2.45) is 0 Å². The minimum Gasteiger partial charge on any atom is -0.469 e. The molecule has 4 heterocycles. The molecule has 9 nitrogen and oxygen atoms in total. The highest BCUT2D eigenvalue weighted by molar-refractivity contribution is 5.92. The molecule has 1 aliphatic heterocycles. The van der Waals surface area contributed by atoms with Gasteiger partial charge in [0.15, 0.2) is 18.0 Å². The van der Waals surface area contributed by atoms with Gasteiger partial charge >= 0.3 is 0 Å². The fraction of sp³-hybridized carbons (Fsp3) is 0.353. The first-order valence-electron chi connectivity index (χ1n) is 8.32. The highest BCUT2D eigenvalue weighted by Crippen LogP contribution is 2.26. The van der Waals surface area contributed by atoms with E-state index in [1.165, 1.54) is 6.39 Å². The highest BCUT2D eigenvalue weighted by atomic mass is 16.5. The zero-order valence-electron chi connectivity index (χ0n) is 14.5. The molecule has 4 rings (SSSR count). The molecule has 0 unspecified atom stereocenters. The van der Waals surface area contributed by atoms with Gasteiger partial charge in [0.2, 0.25) is 11.6 Å². The molecule has 0 fully saturated rings. The molecular weight excluding hydrogens is 336 g/mol. The van der Waals surface area contributed by atoms with Crippen LogP contribution in [-0.2, 0) is 13.2 Å². The molecule has 134 valence electrons. The normalized spacial score (nSPS) is 16.4. The zero-order chi connectivity index (χ0) is 18.1. The van der Waals surface area contributed by atoms with Gasteiger partial charge in [-0.25, -0.2) is 9.97 Å². The summed E-state index contributed by atoms with van der Waals surface area (Å²) in [6.45, 7) is 5.06. The van der Waals surface area contributed by atoms with E-state index in [1.807, 2.05) is 23.6 Å². The lowest BCUT2D eigenvalue weighted by Gasteiger charge is -2.33. The van der Waals surface area contributed by atoms with Crippen LogP contribution in [0.15, 0.2) is 35.2 Å². The summed E-state index contributed by atoms with van der Waals surface area (Å²) in [7, 11) is 0. The Bertz CT molecular complexity index is 920. The average molecular weight is 354 g/mol. The molecule has 9 heteroatoms. The van der Waals surface area contributed by atoms with E-state index in [1.54, 1.807) is 24.1 Å². The van der Waals surface area contributed by atoms with Gasteiger partial charge in [0.1, 0.15) is 6.61 Å². The third-order valence-corrected chi connectivity index (χ3v) is 4.45. The van der Waals surface area contributed by atoms with Gasteiger partial charge in [-0.3, -0.25) is 4.79 Å². The number of hydrogen-bond donors (Lipinski definition) is 0. The average Bonchev–Trinajstić information content (AvgIpc) is 3.27. The van der Waals surface area contributed by atoms with Crippen molar-refractivity contribution in [2.75, 3.05) is 6.54 Å². The number of amides is 1. The van der Waals surface area contributed by atoms with E-state index in [2.05, 4.69) is 20.2 Å². The van der Waals surface area contributed by atoms with Crippen molar-refractivity contribution in [3.8, 4) is 5.88 Å². The minimum atomic E-state index is -0.225. The Morgan fingerprint density at radius 1 is 1.31 bits per heavy atom. The van der Waals surface area contributed by atoms with Crippen LogP contribution in [0.2, 0.25) is 0 Å². The number of ether oxygens (including phenoxy) is 1. The van der Waals surface area contributed by atoms with Crippen molar-refractivity contribution in [1.29, 1.82) is 0 Å². The molecule has 0 spiro atoms. The van der Waals surface area contributed by atoms with Gasteiger partial charge in [-0.15, -0.1) is 10.2 Å². The van der Waals surface area contributed by atoms with Gasteiger partial charge in [0, 0.05) is 25.4 Å². The molecule has 0 saturated heterocycles. The summed E-state index contributed by atoms with van der Waals surface area (Å²) in [4.78, 5) is 22.6. The second-order valence-corrected chi connectivity index (χ2v) is 6.02. The number of carbonyl (C=O) groups is 1. The topological polar surface area (TPSA) is 99.2 Å². The molecule has 0 radical (unpaired) electrons. The molecule has 0 aliphatic carbocycles. The van der Waals surface area contributed by atoms with E-state index >= 15 is 0 Å². The molecule has 1 aliphatic rings. The first-order valence-corrected chi connectivity index (χ1v) is 8.32. The Balaban J connectivity index is 1.51. The van der Waals surface area contributed by atoms with E-state index in [9.17, 15) is 4.79 Å². The number of aromatic nitrogens is 5. The molecule has 0 N–H and O–H groups in total. The van der Waals surface area contributed by atoms with Crippen LogP contribution in [0.25, 0.3) is 0 Å². The molecule has 1 atom stereocenters. The molecule has 1 amide bonds. The molecule has 0 aromatic carbocycles. The van der Waals surface area contributed by atoms with Gasteiger partial charge in [0.05, 0.1) is 11.7 Å². The van der Waals surface area contributed by atoms with E-state index in [0.717, 1.165) is 5.82 Å². The highest BCUT2D eigenvalue weighted by Gasteiger charge is 2.33. The summed E-state index contributed by atoms with van der Waals surface area (Å²) in [6, 6.07) is 5.25. The van der Waals surface area contributed by atoms with Crippen LogP contribution in [0.1, 0.15) is 40.9 Å². The summed E-state index contributed by atoms with van der Waals surface area (Å²) in [5.74, 6) is 2.05. The Kier molecular flexibility index (Phi) is 4.11. The summed E-state index contributed by atoms with van der Waals surface area (Å²) in [5.41, 5.74) is 0.582. The van der Waals surface area contributed by atoms with Crippen LogP contribution in [0.4, 0.5) is 0 Å². The Morgan fingerprint density at radius 2 is 2.19 bits per heavy atom. The maximum absolute atomic E-state index is 12.7. The summed E-state index contributed by atoms with van der Waals surface area (Å²) >= 11 is 0. The van der Waals surface area contributed by atoms with Crippen molar-refractivity contribution in [2.45, 2.75) is 33.0 Å². The number of rotatable bonds is 4. The van der Waals surface area contributed by atoms with Crippen molar-refractivity contribution in [3.63, 3.8) is 0 Å². The third-order valence-electron chi connectivity index (χ3n) is 4.45. The maximum Gasteiger partial charge on any atom is 0.292 e. The summed E-state index contributed by atoms with van der Waals surface area (Å²) in [6.07, 6.45) is 2.96. The van der Waals surface area contributed by atoms with Crippen molar-refractivity contribution >= 4 is 5.91 Å². The third kappa shape index (κ3) is 2.81. The molecule has 0 bridgehead atoms. The molecular formula is C17H18N6O3. The van der Waals surface area contributed by atoms with E-state index in [-0.39, 0.29) is 24.3 Å². The van der Waals surface area contributed by atoms with E-state index in [0.29, 0.717) is 30.5 Å². The Hall–Kier alpha value is -3.23. The van der Waals surface area contributed by atoms with E-state index < -0.39 is 0 Å². The lowest BCUT2D eigenvalue weighted by atomic mass is 10.2. The van der Waals surface area contributed by atoms with Crippen LogP contribution in [0.5, 0.6) is 5.88 Å². The summed E-state index contributed by atoms with van der Waals surface area (Å²) in [5, 5.41) is 8.48. The van der Waals surface area contributed by atoms with Crippen molar-refractivity contribution < 1.29 is 13.9 Å². The first-order chi connectivity index (χ1) is 12.6. The lowest BCUT2D eigenvalue weighted by Crippen LogP contribution is -2.41. The zero-order valence-corrected chi connectivity index (χ0v) is 14.5. The van der Waals surface area contributed by atoms with Crippen LogP contribution < -0.4 is 4.74 Å². The monoisotopic (exact) mass is 354 g/mol. The largest absolute Gasteiger partial charge is 0.469 e. The number of nitrogens with zero attached hydrogens (tertiary/aromatic N) is 6. The number of pyridine rings is 1. The number of hydrogen-bond acceptors (Lipinski definition) is 7. The van der Waals surface area contributed by atoms with Crippen molar-refractivity contribution in [1.82, 2.24) is 29.6 Å². The standard InChI is InChI=1S/C17H18N6O3/c1-11-15(26-10-19-11)17(24)22-7-8-23-13(20-21-16(23)12(22)2)9-25-14-5-3-4-6-18-14/h3-6,10,12H,7-9H2,1-2H3/t12-/m0/s1. The van der Waals surface area contributed by atoms with Crippen LogP contribution in [0.3, 0.4) is 0 Å². The predicted molar refractivity (Wildman–Crippen MR) is 89.3 cm³/mol. The fourth-order valence-electron chi connectivity index (χ4n) is 3.04. The number of fused-ring (bicyclic) bond motifs is 1. The SMILES string of the molecule is Cc1ncoc1C(=O)N1CCn2c(COc3ccccn3)nnc2[C@@H]1C. The Labute approximate surface area is 149 Å². The number of oxazole rings is 1. The van der Waals surface area contributed by atoms with Crippen LogP contribution >= 0.6 is 0 Å². The summed E-state index contributed by atoms with van der Waals surface area (Å²) < 4.78 is 12.9. The minimum absolute atomic E-state index is 0.187. The van der Waals surface area contributed by atoms with E-state index in [4.69, 9.17) is 9.15 Å². The fourth-order valence-corrected chi connectivity index (χ4v) is 3.04. The molecule has 26 heavy (non-hydrogen) atoms. The quantitative estimate of drug-likeness (QED) is 0.704. The van der Waals surface area contributed by atoms with Gasteiger partial charge in [-0.2, -0.15) is 0 Å². The molecule has 3 aromatic rings. The first kappa shape index (κ1) is 16.2. The number of aryl methyl sites for hydroxylation is 1. The van der Waals surface area contributed by atoms with Crippen molar-refractivity contribution in [3.05, 3.63) is 53.9 Å². The molecule has 3 aromatic heterocycles. The van der Waals surface area contributed by atoms with Crippen LogP contribution in [0, 0.1) is 6.92 Å². The maximum atomic E-state index is 12.7. The van der Waals surface area contributed by atoms with Gasteiger partial charge in [-0.1, -0.05) is 6.07 Å². The molecule has 0 saturated carbocycles. The Morgan fingerprint density at radius 3 is 2.92 bits per heavy atom. The second-order valence-electron chi connectivity index (χ2n) is 6.02. The smallest absolute Gasteiger partial charge is 0.292 e. The second kappa shape index (κ2) is 6.58. The van der Waals surface area contributed by atoms with Crippen LogP contribution in [-0.4, -0.2) is 42.1 Å². The number of carbonyl (C=O) groups excluding carboxylic acids is 1. The van der Waals surface area contributed by atoms with Gasteiger partial charge in [0.25, 0.3) is 5.91 Å².